The van der Waals surface area contributed by atoms with E-state index in [2.05, 4.69) is 23.8 Å². The summed E-state index contributed by atoms with van der Waals surface area (Å²) in [5.41, 5.74) is 0.987. The van der Waals surface area contributed by atoms with Crippen molar-refractivity contribution in [1.29, 1.82) is 0 Å². The molecule has 2 aliphatic rings. The van der Waals surface area contributed by atoms with E-state index in [0.717, 1.165) is 18.5 Å². The third-order valence-corrected chi connectivity index (χ3v) is 5.04. The molecule has 124 valence electrons. The lowest BCUT2D eigenvalue weighted by Crippen LogP contribution is -2.41. The Hall–Kier alpha value is -1.07. The number of hydrogen-bond donors (Lipinski definition) is 1. The van der Waals surface area contributed by atoms with Crippen LogP contribution in [0.5, 0.6) is 0 Å². The third-order valence-electron chi connectivity index (χ3n) is 5.04. The molecular formula is C16H26ClN3O2. The minimum atomic E-state index is -0.673. The van der Waals surface area contributed by atoms with Crippen molar-refractivity contribution in [2.75, 3.05) is 0 Å². The number of carbonyl (C=O) groups is 1. The number of fused-ring (bicyclic) bond motifs is 1. The highest BCUT2D eigenvalue weighted by atomic mass is 35.5. The Labute approximate surface area is 138 Å². The van der Waals surface area contributed by atoms with Gasteiger partial charge in [-0.05, 0) is 45.1 Å². The Kier molecular flexibility index (Phi) is 5.50. The monoisotopic (exact) mass is 327 g/mol. The Balaban J connectivity index is 0.00000176. The van der Waals surface area contributed by atoms with E-state index < -0.39 is 5.97 Å². The van der Waals surface area contributed by atoms with Crippen molar-refractivity contribution in [3.05, 3.63) is 18.0 Å². The molecule has 3 unspecified atom stereocenters. The molecule has 0 spiro atoms. The van der Waals surface area contributed by atoms with Crippen LogP contribution in [-0.2, 0) is 11.3 Å². The summed E-state index contributed by atoms with van der Waals surface area (Å²) < 4.78 is 1.94. The second-order valence-electron chi connectivity index (χ2n) is 6.75. The van der Waals surface area contributed by atoms with Gasteiger partial charge in [-0.1, -0.05) is 12.8 Å². The van der Waals surface area contributed by atoms with Crippen molar-refractivity contribution in [3.63, 3.8) is 0 Å². The molecule has 0 amide bonds. The topological polar surface area (TPSA) is 58.4 Å². The van der Waals surface area contributed by atoms with Gasteiger partial charge in [0.25, 0.3) is 0 Å². The Morgan fingerprint density at radius 2 is 2.14 bits per heavy atom. The molecule has 0 aromatic carbocycles. The van der Waals surface area contributed by atoms with Crippen LogP contribution in [0.25, 0.3) is 0 Å². The van der Waals surface area contributed by atoms with Crippen molar-refractivity contribution in [2.24, 2.45) is 5.92 Å². The first-order valence-electron chi connectivity index (χ1n) is 8.09. The van der Waals surface area contributed by atoms with Crippen LogP contribution in [0, 0.1) is 5.92 Å². The fraction of sp³-hybridized carbons (Fsp3) is 0.750. The van der Waals surface area contributed by atoms with Crippen molar-refractivity contribution in [1.82, 2.24) is 14.7 Å². The van der Waals surface area contributed by atoms with Crippen molar-refractivity contribution in [3.8, 4) is 0 Å². The summed E-state index contributed by atoms with van der Waals surface area (Å²) in [6, 6.07) is 2.47. The van der Waals surface area contributed by atoms with E-state index in [0.29, 0.717) is 24.5 Å². The van der Waals surface area contributed by atoms with Gasteiger partial charge in [0, 0.05) is 24.8 Å². The van der Waals surface area contributed by atoms with Crippen LogP contribution in [0.2, 0.25) is 0 Å². The molecule has 1 N–H and O–H groups in total. The fourth-order valence-corrected chi connectivity index (χ4v) is 3.96. The van der Waals surface area contributed by atoms with Gasteiger partial charge in [0.1, 0.15) is 6.04 Å². The zero-order valence-corrected chi connectivity index (χ0v) is 14.1. The van der Waals surface area contributed by atoms with Crippen LogP contribution in [0.4, 0.5) is 0 Å². The molecule has 1 aromatic rings. The summed E-state index contributed by atoms with van der Waals surface area (Å²) in [6.45, 7) is 4.87. The molecule has 6 heteroatoms. The molecule has 2 fully saturated rings. The Bertz CT molecular complexity index is 517. The maximum absolute atomic E-state index is 11.6. The maximum Gasteiger partial charge on any atom is 0.320 e. The highest BCUT2D eigenvalue weighted by Gasteiger charge is 2.45. The van der Waals surface area contributed by atoms with Gasteiger partial charge in [-0.3, -0.25) is 14.4 Å². The highest BCUT2D eigenvalue weighted by Crippen LogP contribution is 2.40. The lowest BCUT2D eigenvalue weighted by molar-refractivity contribution is -0.142. The number of nitrogens with zero attached hydrogens (tertiary/aromatic N) is 3. The van der Waals surface area contributed by atoms with E-state index in [9.17, 15) is 9.90 Å². The largest absolute Gasteiger partial charge is 0.480 e. The smallest absolute Gasteiger partial charge is 0.320 e. The molecule has 0 bridgehead atoms. The van der Waals surface area contributed by atoms with Crippen LogP contribution < -0.4 is 0 Å². The van der Waals surface area contributed by atoms with Gasteiger partial charge in [0.2, 0.25) is 0 Å². The van der Waals surface area contributed by atoms with Gasteiger partial charge in [0.15, 0.2) is 0 Å². The van der Waals surface area contributed by atoms with E-state index in [1.807, 2.05) is 16.9 Å². The SMILES string of the molecule is CC(C)n1ccc(CN2C(C(=O)O)CC3CCCCC32)n1.Cl. The summed E-state index contributed by atoms with van der Waals surface area (Å²) in [5, 5.41) is 14.1. The van der Waals surface area contributed by atoms with E-state index in [1.165, 1.54) is 19.3 Å². The number of aromatic nitrogens is 2. The van der Waals surface area contributed by atoms with E-state index in [-0.39, 0.29) is 18.4 Å². The first-order valence-corrected chi connectivity index (χ1v) is 8.09. The molecular weight excluding hydrogens is 302 g/mol. The zero-order chi connectivity index (χ0) is 15.0. The number of carboxylic acids is 1. The van der Waals surface area contributed by atoms with Crippen molar-refractivity contribution >= 4 is 18.4 Å². The van der Waals surface area contributed by atoms with Gasteiger partial charge >= 0.3 is 5.97 Å². The van der Waals surface area contributed by atoms with Gasteiger partial charge in [-0.15, -0.1) is 12.4 Å². The molecule has 1 aromatic heterocycles. The van der Waals surface area contributed by atoms with E-state index in [1.54, 1.807) is 0 Å². The molecule has 1 aliphatic heterocycles. The summed E-state index contributed by atoms with van der Waals surface area (Å²) >= 11 is 0. The fourth-order valence-electron chi connectivity index (χ4n) is 3.96. The highest BCUT2D eigenvalue weighted by molar-refractivity contribution is 5.85. The number of hydrogen-bond acceptors (Lipinski definition) is 3. The van der Waals surface area contributed by atoms with Crippen LogP contribution in [0.3, 0.4) is 0 Å². The predicted molar refractivity (Wildman–Crippen MR) is 87.2 cm³/mol. The average Bonchev–Trinajstić information content (AvgIpc) is 3.05. The van der Waals surface area contributed by atoms with Crippen LogP contribution in [-0.4, -0.2) is 37.8 Å². The molecule has 1 saturated heterocycles. The maximum atomic E-state index is 11.6. The van der Waals surface area contributed by atoms with E-state index >= 15 is 0 Å². The summed E-state index contributed by atoms with van der Waals surface area (Å²) in [4.78, 5) is 13.8. The standard InChI is InChI=1S/C16H25N3O2.ClH/c1-11(2)19-8-7-13(17-19)10-18-14-6-4-3-5-12(14)9-15(18)16(20)21;/h7-8,11-12,14-15H,3-6,9-10H2,1-2H3,(H,20,21);1H. The summed E-state index contributed by atoms with van der Waals surface area (Å²) in [7, 11) is 0. The van der Waals surface area contributed by atoms with Gasteiger partial charge in [-0.25, -0.2) is 0 Å². The molecule has 0 radical (unpaired) electrons. The molecule has 1 saturated carbocycles. The van der Waals surface area contributed by atoms with Crippen LogP contribution in [0.1, 0.15) is 57.7 Å². The Morgan fingerprint density at radius 1 is 1.41 bits per heavy atom. The molecule has 3 atom stereocenters. The number of carboxylic acid groups (broad SMARTS) is 1. The number of halogens is 1. The normalized spacial score (nSPS) is 28.4. The minimum Gasteiger partial charge on any atom is -0.480 e. The quantitative estimate of drug-likeness (QED) is 0.923. The van der Waals surface area contributed by atoms with Gasteiger partial charge in [-0.2, -0.15) is 5.10 Å². The first-order chi connectivity index (χ1) is 10.1. The lowest BCUT2D eigenvalue weighted by Gasteiger charge is -2.32. The number of aliphatic carboxylic acids is 1. The zero-order valence-electron chi connectivity index (χ0n) is 13.3. The van der Waals surface area contributed by atoms with E-state index in [4.69, 9.17) is 0 Å². The number of rotatable bonds is 4. The van der Waals surface area contributed by atoms with Gasteiger partial charge < -0.3 is 5.11 Å². The second kappa shape index (κ2) is 7.01. The predicted octanol–water partition coefficient (Wildman–Crippen LogP) is 3.10. The molecule has 22 heavy (non-hydrogen) atoms. The lowest BCUT2D eigenvalue weighted by atomic mass is 9.85. The van der Waals surface area contributed by atoms with Crippen molar-refractivity contribution in [2.45, 2.75) is 70.6 Å². The average molecular weight is 328 g/mol. The molecule has 5 nitrogen and oxygen atoms in total. The first kappa shape index (κ1) is 17.3. The minimum absolute atomic E-state index is 0. The number of likely N-dealkylation sites (tertiary alicyclic amines) is 1. The molecule has 2 heterocycles. The Morgan fingerprint density at radius 3 is 2.77 bits per heavy atom. The van der Waals surface area contributed by atoms with Crippen molar-refractivity contribution < 1.29 is 9.90 Å². The third kappa shape index (κ3) is 3.30. The summed E-state index contributed by atoms with van der Waals surface area (Å²) in [6.07, 6.45) is 7.60. The van der Waals surface area contributed by atoms with Crippen LogP contribution >= 0.6 is 12.4 Å². The molecule has 1 aliphatic carbocycles. The molecule has 3 rings (SSSR count). The van der Waals surface area contributed by atoms with Gasteiger partial charge in [0.05, 0.1) is 5.69 Å². The summed E-state index contributed by atoms with van der Waals surface area (Å²) in [5.74, 6) is -0.111. The van der Waals surface area contributed by atoms with Crippen LogP contribution in [0.15, 0.2) is 12.3 Å². The second-order valence-corrected chi connectivity index (χ2v) is 6.75.